The lowest BCUT2D eigenvalue weighted by Gasteiger charge is -2.15. The monoisotopic (exact) mass is 342 g/mol. The zero-order valence-corrected chi connectivity index (χ0v) is 13.8. The number of carbonyl (C=O) groups is 3. The van der Waals surface area contributed by atoms with Gasteiger partial charge in [-0.05, 0) is 36.8 Å². The topological polar surface area (TPSA) is 66.5 Å². The molecule has 0 saturated carbocycles. The highest BCUT2D eigenvalue weighted by atomic mass is 35.5. The molecule has 122 valence electrons. The normalized spacial score (nSPS) is 13.2. The van der Waals surface area contributed by atoms with E-state index in [1.54, 1.807) is 30.3 Å². The van der Waals surface area contributed by atoms with Gasteiger partial charge in [0.1, 0.15) is 0 Å². The Kier molecular flexibility index (Phi) is 4.36. The Morgan fingerprint density at radius 3 is 2.25 bits per heavy atom. The zero-order valence-electron chi connectivity index (χ0n) is 13.0. The van der Waals surface area contributed by atoms with Gasteiger partial charge in [-0.2, -0.15) is 0 Å². The summed E-state index contributed by atoms with van der Waals surface area (Å²) in [7, 11) is 0. The predicted octanol–water partition coefficient (Wildman–Crippen LogP) is 3.28. The molecule has 6 heteroatoms. The van der Waals surface area contributed by atoms with Crippen LogP contribution < -0.4 is 10.2 Å². The molecule has 0 spiro atoms. The molecule has 0 unspecified atom stereocenters. The van der Waals surface area contributed by atoms with Crippen LogP contribution in [0.5, 0.6) is 0 Å². The summed E-state index contributed by atoms with van der Waals surface area (Å²) < 4.78 is 0. The van der Waals surface area contributed by atoms with Crippen LogP contribution in [0.3, 0.4) is 0 Å². The van der Waals surface area contributed by atoms with Crippen LogP contribution in [0.25, 0.3) is 0 Å². The van der Waals surface area contributed by atoms with E-state index in [0.717, 1.165) is 11.3 Å². The first-order valence-electron chi connectivity index (χ1n) is 7.60. The molecular formula is C18H15ClN2O3. The maximum atomic E-state index is 12.5. The van der Waals surface area contributed by atoms with Crippen LogP contribution >= 0.6 is 11.6 Å². The molecule has 5 nitrogen and oxygen atoms in total. The molecule has 0 saturated heterocycles. The van der Waals surface area contributed by atoms with Crippen molar-refractivity contribution in [2.24, 2.45) is 0 Å². The maximum Gasteiger partial charge on any atom is 0.266 e. The van der Waals surface area contributed by atoms with Crippen LogP contribution in [-0.4, -0.2) is 24.3 Å². The third kappa shape index (κ3) is 2.67. The van der Waals surface area contributed by atoms with E-state index in [9.17, 15) is 14.4 Å². The first-order chi connectivity index (χ1) is 11.5. The highest BCUT2D eigenvalue weighted by Gasteiger charge is 2.36. The molecule has 0 fully saturated rings. The van der Waals surface area contributed by atoms with Crippen molar-refractivity contribution in [1.29, 1.82) is 0 Å². The number of hydrogen-bond donors (Lipinski definition) is 1. The first-order valence-corrected chi connectivity index (χ1v) is 7.98. The molecule has 1 heterocycles. The Balaban J connectivity index is 1.92. The fraction of sp³-hybridized carbons (Fsp3) is 0.167. The van der Waals surface area contributed by atoms with Crippen LogP contribution in [0.15, 0.2) is 42.5 Å². The number of nitrogens with zero attached hydrogens (tertiary/aromatic N) is 1. The van der Waals surface area contributed by atoms with Gasteiger partial charge in [0.25, 0.3) is 17.7 Å². The number of carbonyl (C=O) groups excluding carboxylic acids is 3. The van der Waals surface area contributed by atoms with E-state index in [1.165, 1.54) is 12.1 Å². The van der Waals surface area contributed by atoms with E-state index < -0.39 is 11.8 Å². The lowest BCUT2D eigenvalue weighted by molar-refractivity contribution is 0.0923. The molecule has 0 aromatic heterocycles. The van der Waals surface area contributed by atoms with Gasteiger partial charge >= 0.3 is 0 Å². The summed E-state index contributed by atoms with van der Waals surface area (Å²) in [4.78, 5) is 38.0. The minimum Gasteiger partial charge on any atom is -0.352 e. The third-order valence-electron chi connectivity index (χ3n) is 3.79. The SMILES string of the molecule is CCCNC(=O)c1ccc(N2C(=O)c3ccccc3C2=O)cc1Cl. The van der Waals surface area contributed by atoms with Gasteiger partial charge in [0.15, 0.2) is 0 Å². The molecule has 3 amide bonds. The number of anilines is 1. The van der Waals surface area contributed by atoms with Crippen LogP contribution in [0, 0.1) is 0 Å². The smallest absolute Gasteiger partial charge is 0.266 e. The van der Waals surface area contributed by atoms with Gasteiger partial charge in [-0.3, -0.25) is 14.4 Å². The van der Waals surface area contributed by atoms with E-state index in [4.69, 9.17) is 11.6 Å². The Morgan fingerprint density at radius 1 is 1.08 bits per heavy atom. The molecule has 2 aromatic rings. The largest absolute Gasteiger partial charge is 0.352 e. The number of rotatable bonds is 4. The number of benzene rings is 2. The van der Waals surface area contributed by atoms with Crippen molar-refractivity contribution in [3.8, 4) is 0 Å². The predicted molar refractivity (Wildman–Crippen MR) is 91.7 cm³/mol. The summed E-state index contributed by atoms with van der Waals surface area (Å²) in [6, 6.07) is 11.2. The summed E-state index contributed by atoms with van der Waals surface area (Å²) in [6.07, 6.45) is 0.816. The second-order valence-electron chi connectivity index (χ2n) is 5.41. The highest BCUT2D eigenvalue weighted by Crippen LogP contribution is 2.31. The van der Waals surface area contributed by atoms with Gasteiger partial charge in [-0.1, -0.05) is 30.7 Å². The molecular weight excluding hydrogens is 328 g/mol. The van der Waals surface area contributed by atoms with Crippen LogP contribution in [0.4, 0.5) is 5.69 Å². The fourth-order valence-corrected chi connectivity index (χ4v) is 2.85. The van der Waals surface area contributed by atoms with Gasteiger partial charge in [0.2, 0.25) is 0 Å². The molecule has 0 aliphatic carbocycles. The molecule has 1 aliphatic rings. The van der Waals surface area contributed by atoms with E-state index in [0.29, 0.717) is 28.9 Å². The van der Waals surface area contributed by atoms with Crippen molar-refractivity contribution >= 4 is 35.0 Å². The van der Waals surface area contributed by atoms with E-state index >= 15 is 0 Å². The Labute approximate surface area is 144 Å². The van der Waals surface area contributed by atoms with Crippen molar-refractivity contribution in [3.63, 3.8) is 0 Å². The summed E-state index contributed by atoms with van der Waals surface area (Å²) in [5.74, 6) is -1.07. The van der Waals surface area contributed by atoms with Gasteiger partial charge in [-0.15, -0.1) is 0 Å². The molecule has 1 aliphatic heterocycles. The Bertz CT molecular complexity index is 813. The average Bonchev–Trinajstić information content (AvgIpc) is 2.84. The van der Waals surface area contributed by atoms with E-state index in [2.05, 4.69) is 5.32 Å². The van der Waals surface area contributed by atoms with Crippen molar-refractivity contribution in [2.45, 2.75) is 13.3 Å². The lowest BCUT2D eigenvalue weighted by Crippen LogP contribution is -2.29. The molecule has 0 radical (unpaired) electrons. The standard InChI is InChI=1S/C18H15ClN2O3/c1-2-9-20-16(22)14-8-7-11(10-15(14)19)21-17(23)12-5-3-4-6-13(12)18(21)24/h3-8,10H,2,9H2,1H3,(H,20,22). The molecule has 2 aromatic carbocycles. The summed E-state index contributed by atoms with van der Waals surface area (Å²) in [6.45, 7) is 2.50. The number of amides is 3. The molecule has 0 atom stereocenters. The highest BCUT2D eigenvalue weighted by molar-refractivity contribution is 6.36. The third-order valence-corrected chi connectivity index (χ3v) is 4.10. The van der Waals surface area contributed by atoms with Crippen molar-refractivity contribution in [2.75, 3.05) is 11.4 Å². The maximum absolute atomic E-state index is 12.5. The summed E-state index contributed by atoms with van der Waals surface area (Å²) in [5.41, 5.74) is 1.38. The van der Waals surface area contributed by atoms with Crippen LogP contribution in [-0.2, 0) is 0 Å². The van der Waals surface area contributed by atoms with Gasteiger partial charge in [0, 0.05) is 6.54 Å². The molecule has 0 bridgehead atoms. The number of imide groups is 1. The number of nitrogens with one attached hydrogen (secondary N) is 1. The van der Waals surface area contributed by atoms with Gasteiger partial charge in [0.05, 0.1) is 27.4 Å². The Hall–Kier alpha value is -2.66. The average molecular weight is 343 g/mol. The number of hydrogen-bond acceptors (Lipinski definition) is 3. The number of fused-ring (bicyclic) bond motifs is 1. The molecule has 24 heavy (non-hydrogen) atoms. The van der Waals surface area contributed by atoms with Gasteiger partial charge in [-0.25, -0.2) is 4.90 Å². The minimum atomic E-state index is -0.394. The van der Waals surface area contributed by atoms with Crippen molar-refractivity contribution < 1.29 is 14.4 Å². The zero-order chi connectivity index (χ0) is 17.3. The molecule has 3 rings (SSSR count). The quantitative estimate of drug-likeness (QED) is 0.867. The molecule has 1 N–H and O–H groups in total. The van der Waals surface area contributed by atoms with Crippen molar-refractivity contribution in [1.82, 2.24) is 5.32 Å². The fourth-order valence-electron chi connectivity index (χ4n) is 2.58. The van der Waals surface area contributed by atoms with Crippen LogP contribution in [0.1, 0.15) is 44.4 Å². The van der Waals surface area contributed by atoms with Crippen molar-refractivity contribution in [3.05, 3.63) is 64.2 Å². The summed E-state index contributed by atoms with van der Waals surface area (Å²) >= 11 is 6.18. The second kappa shape index (κ2) is 6.45. The minimum absolute atomic E-state index is 0.192. The Morgan fingerprint density at radius 2 is 1.71 bits per heavy atom. The second-order valence-corrected chi connectivity index (χ2v) is 5.82. The first kappa shape index (κ1) is 16.2. The van der Waals surface area contributed by atoms with E-state index in [-0.39, 0.29) is 10.9 Å². The van der Waals surface area contributed by atoms with Crippen LogP contribution in [0.2, 0.25) is 5.02 Å². The van der Waals surface area contributed by atoms with Gasteiger partial charge < -0.3 is 5.32 Å². The van der Waals surface area contributed by atoms with E-state index in [1.807, 2.05) is 6.92 Å². The number of halogens is 1. The lowest BCUT2D eigenvalue weighted by atomic mass is 10.1. The summed E-state index contributed by atoms with van der Waals surface area (Å²) in [5, 5.41) is 2.93.